The fraction of sp³-hybridized carbons (Fsp3) is 0.688. The van der Waals surface area contributed by atoms with Gasteiger partial charge in [0, 0.05) is 5.69 Å². The number of nitrogens with zero attached hydrogens (tertiary/aromatic N) is 1. The van der Waals surface area contributed by atoms with E-state index >= 15 is 0 Å². The molecule has 1 atom stereocenters. The first-order chi connectivity index (χ1) is 9.71. The minimum Gasteiger partial charge on any atom is -0.489 e. The standard InChI is InChI=1S/C16H22ClNO2/c1-12-4-5-15(14(10-17)18-12)19-11-13-6-9-16(20-13)7-2-3-8-16/h4-5,13H,2-3,6-11H2,1H3. The van der Waals surface area contributed by atoms with E-state index in [1.165, 1.54) is 32.1 Å². The van der Waals surface area contributed by atoms with Gasteiger partial charge in [0.05, 0.1) is 23.3 Å². The monoisotopic (exact) mass is 295 g/mol. The molecule has 110 valence electrons. The quantitative estimate of drug-likeness (QED) is 0.787. The van der Waals surface area contributed by atoms with Crippen molar-refractivity contribution in [3.8, 4) is 5.75 Å². The second-order valence-corrected chi connectivity index (χ2v) is 6.28. The summed E-state index contributed by atoms with van der Waals surface area (Å²) >= 11 is 5.92. The van der Waals surface area contributed by atoms with E-state index in [0.717, 1.165) is 23.6 Å². The molecule has 20 heavy (non-hydrogen) atoms. The van der Waals surface area contributed by atoms with Crippen LogP contribution in [0.3, 0.4) is 0 Å². The molecule has 0 N–H and O–H groups in total. The molecule has 3 nitrogen and oxygen atoms in total. The minimum absolute atomic E-state index is 0.175. The molecule has 1 aromatic rings. The first kappa shape index (κ1) is 14.2. The average Bonchev–Trinajstić information content (AvgIpc) is 3.08. The summed E-state index contributed by atoms with van der Waals surface area (Å²) in [5, 5.41) is 0. The van der Waals surface area contributed by atoms with Crippen LogP contribution in [0.1, 0.15) is 49.9 Å². The van der Waals surface area contributed by atoms with Crippen molar-refractivity contribution in [2.45, 2.75) is 63.0 Å². The van der Waals surface area contributed by atoms with Crippen LogP contribution in [0.5, 0.6) is 5.75 Å². The Hall–Kier alpha value is -0.800. The number of hydrogen-bond donors (Lipinski definition) is 0. The summed E-state index contributed by atoms with van der Waals surface area (Å²) < 4.78 is 12.1. The Labute approximate surface area is 125 Å². The van der Waals surface area contributed by atoms with Gasteiger partial charge in [0.15, 0.2) is 0 Å². The molecule has 1 aliphatic heterocycles. The molecule has 0 bridgehead atoms. The third-order valence-electron chi connectivity index (χ3n) is 4.48. The van der Waals surface area contributed by atoms with Gasteiger partial charge in [0.2, 0.25) is 0 Å². The normalized spacial score (nSPS) is 24.4. The molecule has 2 aliphatic rings. The molecule has 3 rings (SSSR count). The van der Waals surface area contributed by atoms with Crippen molar-refractivity contribution >= 4 is 11.6 Å². The van der Waals surface area contributed by atoms with Crippen LogP contribution in [0.25, 0.3) is 0 Å². The number of hydrogen-bond acceptors (Lipinski definition) is 3. The van der Waals surface area contributed by atoms with Gasteiger partial charge in [0.1, 0.15) is 12.4 Å². The fourth-order valence-electron chi connectivity index (χ4n) is 3.41. The molecule has 1 spiro atoms. The molecule has 1 saturated carbocycles. The van der Waals surface area contributed by atoms with E-state index in [-0.39, 0.29) is 11.7 Å². The average molecular weight is 296 g/mol. The first-order valence-electron chi connectivity index (χ1n) is 7.54. The number of pyridine rings is 1. The predicted octanol–water partition coefficient (Wildman–Crippen LogP) is 4.00. The molecule has 0 aromatic carbocycles. The van der Waals surface area contributed by atoms with E-state index in [0.29, 0.717) is 12.5 Å². The summed E-state index contributed by atoms with van der Waals surface area (Å²) in [5.74, 6) is 1.17. The Kier molecular flexibility index (Phi) is 4.18. The third-order valence-corrected chi connectivity index (χ3v) is 4.73. The lowest BCUT2D eigenvalue weighted by Gasteiger charge is -2.24. The zero-order valence-electron chi connectivity index (χ0n) is 12.0. The summed E-state index contributed by atoms with van der Waals surface area (Å²) in [6.07, 6.45) is 7.59. The molecule has 1 unspecified atom stereocenters. The number of rotatable bonds is 4. The summed E-state index contributed by atoms with van der Waals surface area (Å²) in [6.45, 7) is 2.57. The number of ether oxygens (including phenoxy) is 2. The third kappa shape index (κ3) is 2.94. The molecule has 0 radical (unpaired) electrons. The van der Waals surface area contributed by atoms with Crippen LogP contribution in [0.2, 0.25) is 0 Å². The Balaban J connectivity index is 1.57. The van der Waals surface area contributed by atoms with Crippen molar-refractivity contribution in [3.63, 3.8) is 0 Å². The van der Waals surface area contributed by atoms with E-state index in [1.54, 1.807) is 0 Å². The number of aromatic nitrogens is 1. The molecular formula is C16H22ClNO2. The van der Waals surface area contributed by atoms with E-state index in [2.05, 4.69) is 4.98 Å². The molecule has 1 aliphatic carbocycles. The highest BCUT2D eigenvalue weighted by Crippen LogP contribution is 2.43. The van der Waals surface area contributed by atoms with Gasteiger partial charge in [-0.25, -0.2) is 0 Å². The Bertz CT molecular complexity index is 472. The molecular weight excluding hydrogens is 274 g/mol. The highest BCUT2D eigenvalue weighted by molar-refractivity contribution is 6.17. The van der Waals surface area contributed by atoms with Gasteiger partial charge in [0.25, 0.3) is 0 Å². The number of alkyl halides is 1. The zero-order chi connectivity index (χ0) is 14.0. The van der Waals surface area contributed by atoms with Gasteiger partial charge >= 0.3 is 0 Å². The lowest BCUT2D eigenvalue weighted by Crippen LogP contribution is -2.27. The van der Waals surface area contributed by atoms with Gasteiger partial charge in [-0.3, -0.25) is 4.98 Å². The fourth-order valence-corrected chi connectivity index (χ4v) is 3.60. The smallest absolute Gasteiger partial charge is 0.142 e. The molecule has 0 amide bonds. The van der Waals surface area contributed by atoms with E-state index in [1.807, 2.05) is 19.1 Å². The molecule has 2 heterocycles. The van der Waals surface area contributed by atoms with Crippen molar-refractivity contribution in [1.82, 2.24) is 4.98 Å². The number of halogens is 1. The van der Waals surface area contributed by atoms with Crippen LogP contribution in [0.4, 0.5) is 0 Å². The highest BCUT2D eigenvalue weighted by atomic mass is 35.5. The maximum atomic E-state index is 6.25. The molecule has 4 heteroatoms. The van der Waals surface area contributed by atoms with Crippen LogP contribution in [-0.4, -0.2) is 23.3 Å². The molecule has 1 aromatic heterocycles. The van der Waals surface area contributed by atoms with E-state index in [9.17, 15) is 0 Å². The Morgan fingerprint density at radius 2 is 2.15 bits per heavy atom. The SMILES string of the molecule is Cc1ccc(OCC2CCC3(CCCC3)O2)c(CCl)n1. The van der Waals surface area contributed by atoms with Crippen molar-refractivity contribution in [3.05, 3.63) is 23.5 Å². The van der Waals surface area contributed by atoms with Gasteiger partial charge in [-0.05, 0) is 44.7 Å². The zero-order valence-corrected chi connectivity index (χ0v) is 12.8. The highest BCUT2D eigenvalue weighted by Gasteiger charge is 2.42. The largest absolute Gasteiger partial charge is 0.489 e. The van der Waals surface area contributed by atoms with Crippen LogP contribution >= 0.6 is 11.6 Å². The summed E-state index contributed by atoms with van der Waals surface area (Å²) in [6, 6.07) is 3.92. The summed E-state index contributed by atoms with van der Waals surface area (Å²) in [7, 11) is 0. The number of aryl methyl sites for hydroxylation is 1. The van der Waals surface area contributed by atoms with Crippen molar-refractivity contribution < 1.29 is 9.47 Å². The molecule has 2 fully saturated rings. The maximum absolute atomic E-state index is 6.25. The van der Waals surface area contributed by atoms with Gasteiger partial charge < -0.3 is 9.47 Å². The lowest BCUT2D eigenvalue weighted by molar-refractivity contribution is -0.0509. The predicted molar refractivity (Wildman–Crippen MR) is 79.3 cm³/mol. The van der Waals surface area contributed by atoms with Crippen molar-refractivity contribution in [1.29, 1.82) is 0 Å². The van der Waals surface area contributed by atoms with Crippen LogP contribution in [-0.2, 0) is 10.6 Å². The minimum atomic E-state index is 0.175. The van der Waals surface area contributed by atoms with Crippen LogP contribution in [0.15, 0.2) is 12.1 Å². The lowest BCUT2D eigenvalue weighted by atomic mass is 9.98. The van der Waals surface area contributed by atoms with Gasteiger partial charge in [-0.15, -0.1) is 11.6 Å². The second kappa shape index (κ2) is 5.90. The first-order valence-corrected chi connectivity index (χ1v) is 8.07. The summed E-state index contributed by atoms with van der Waals surface area (Å²) in [4.78, 5) is 4.41. The van der Waals surface area contributed by atoms with Crippen molar-refractivity contribution in [2.24, 2.45) is 0 Å². The Morgan fingerprint density at radius 1 is 1.35 bits per heavy atom. The summed E-state index contributed by atoms with van der Waals surface area (Å²) in [5.41, 5.74) is 1.96. The Morgan fingerprint density at radius 3 is 2.90 bits per heavy atom. The van der Waals surface area contributed by atoms with Crippen LogP contribution in [0, 0.1) is 6.92 Å². The van der Waals surface area contributed by atoms with Crippen LogP contribution < -0.4 is 4.74 Å². The second-order valence-electron chi connectivity index (χ2n) is 6.01. The van der Waals surface area contributed by atoms with Gasteiger partial charge in [-0.2, -0.15) is 0 Å². The topological polar surface area (TPSA) is 31.4 Å². The maximum Gasteiger partial charge on any atom is 0.142 e. The van der Waals surface area contributed by atoms with E-state index < -0.39 is 0 Å². The van der Waals surface area contributed by atoms with Crippen molar-refractivity contribution in [2.75, 3.05) is 6.61 Å². The molecule has 1 saturated heterocycles. The van der Waals surface area contributed by atoms with Gasteiger partial charge in [-0.1, -0.05) is 12.8 Å². The van der Waals surface area contributed by atoms with E-state index in [4.69, 9.17) is 21.1 Å².